The van der Waals surface area contributed by atoms with Crippen molar-refractivity contribution in [3.05, 3.63) is 28.2 Å². The molecule has 1 aliphatic carbocycles. The molecule has 1 aliphatic rings. The Balaban J connectivity index is 2.01. The zero-order chi connectivity index (χ0) is 13.1. The topological polar surface area (TPSA) is 9.23 Å². The zero-order valence-electron chi connectivity index (χ0n) is 11.0. The largest absolute Gasteiger partial charge is 0.490 e. The van der Waals surface area contributed by atoms with Crippen molar-refractivity contribution in [3.63, 3.8) is 0 Å². The first-order valence-corrected chi connectivity index (χ1v) is 7.94. The summed E-state index contributed by atoms with van der Waals surface area (Å²) in [5.74, 6) is 3.04. The second-order valence-electron chi connectivity index (χ2n) is 5.39. The predicted molar refractivity (Wildman–Crippen MR) is 80.3 cm³/mol. The molecule has 3 heteroatoms. The van der Waals surface area contributed by atoms with Gasteiger partial charge in [0.25, 0.3) is 0 Å². The van der Waals surface area contributed by atoms with E-state index in [1.165, 1.54) is 6.42 Å². The Morgan fingerprint density at radius 2 is 2.06 bits per heavy atom. The quantitative estimate of drug-likeness (QED) is 0.675. The summed E-state index contributed by atoms with van der Waals surface area (Å²) >= 11 is 9.40. The van der Waals surface area contributed by atoms with E-state index in [9.17, 15) is 0 Å². The van der Waals surface area contributed by atoms with E-state index >= 15 is 0 Å². The van der Waals surface area contributed by atoms with Gasteiger partial charge in [-0.25, -0.2) is 0 Å². The van der Waals surface area contributed by atoms with Crippen LogP contribution in [0, 0.1) is 11.8 Å². The highest BCUT2D eigenvalue weighted by atomic mass is 79.9. The van der Waals surface area contributed by atoms with Gasteiger partial charge in [-0.15, -0.1) is 11.6 Å². The van der Waals surface area contributed by atoms with E-state index in [4.69, 9.17) is 16.3 Å². The Labute approximate surface area is 123 Å². The maximum Gasteiger partial charge on any atom is 0.120 e. The van der Waals surface area contributed by atoms with E-state index in [1.807, 2.05) is 18.2 Å². The normalized spacial score (nSPS) is 28.1. The molecule has 0 aromatic heterocycles. The molecule has 1 saturated carbocycles. The molecule has 3 unspecified atom stereocenters. The summed E-state index contributed by atoms with van der Waals surface area (Å²) in [5, 5.41) is 0. The van der Waals surface area contributed by atoms with Gasteiger partial charge < -0.3 is 4.74 Å². The lowest BCUT2D eigenvalue weighted by molar-refractivity contribution is 0.101. The minimum absolute atomic E-state index is 0.362. The van der Waals surface area contributed by atoms with Crippen LogP contribution < -0.4 is 4.74 Å². The van der Waals surface area contributed by atoms with Gasteiger partial charge in [0.1, 0.15) is 5.75 Å². The van der Waals surface area contributed by atoms with Crippen molar-refractivity contribution in [2.45, 2.75) is 45.1 Å². The summed E-state index contributed by atoms with van der Waals surface area (Å²) < 4.78 is 7.14. The third kappa shape index (κ3) is 3.42. The van der Waals surface area contributed by atoms with E-state index < -0.39 is 0 Å². The van der Waals surface area contributed by atoms with Crippen LogP contribution in [-0.2, 0) is 5.88 Å². The second-order valence-corrected chi connectivity index (χ2v) is 6.52. The fourth-order valence-electron chi connectivity index (χ4n) is 2.52. The third-order valence-electron chi connectivity index (χ3n) is 4.01. The third-order valence-corrected chi connectivity index (χ3v) is 5.08. The molecule has 0 aliphatic heterocycles. The monoisotopic (exact) mass is 330 g/mol. The molecule has 0 saturated heterocycles. The first-order chi connectivity index (χ1) is 8.60. The summed E-state index contributed by atoms with van der Waals surface area (Å²) in [4.78, 5) is 0. The number of alkyl halides is 1. The standard InChI is InChI=1S/C15H20BrClO/c1-10-3-4-13(7-11(10)2)18-14-5-6-15(16)12(8-14)9-17/h5-6,8,10-11,13H,3-4,7,9H2,1-2H3. The Morgan fingerprint density at radius 3 is 2.72 bits per heavy atom. The number of benzene rings is 1. The molecule has 0 N–H and O–H groups in total. The predicted octanol–water partition coefficient (Wildman–Crippen LogP) is 5.39. The molecule has 3 atom stereocenters. The number of hydrogen-bond donors (Lipinski definition) is 0. The lowest BCUT2D eigenvalue weighted by Gasteiger charge is -2.32. The average molecular weight is 332 g/mol. The van der Waals surface area contributed by atoms with Crippen LogP contribution in [0.2, 0.25) is 0 Å². The number of hydrogen-bond acceptors (Lipinski definition) is 1. The molecule has 0 heterocycles. The van der Waals surface area contributed by atoms with Crippen LogP contribution >= 0.6 is 27.5 Å². The molecule has 1 aromatic rings. The van der Waals surface area contributed by atoms with E-state index in [0.29, 0.717) is 12.0 Å². The molecule has 18 heavy (non-hydrogen) atoms. The number of rotatable bonds is 3. The van der Waals surface area contributed by atoms with Crippen LogP contribution in [0.1, 0.15) is 38.7 Å². The summed E-state index contributed by atoms with van der Waals surface area (Å²) in [6.07, 6.45) is 3.95. The fourth-order valence-corrected chi connectivity index (χ4v) is 3.29. The highest BCUT2D eigenvalue weighted by Crippen LogP contribution is 2.32. The Hall–Kier alpha value is -0.210. The minimum Gasteiger partial charge on any atom is -0.490 e. The maximum absolute atomic E-state index is 6.09. The zero-order valence-corrected chi connectivity index (χ0v) is 13.3. The van der Waals surface area contributed by atoms with E-state index in [0.717, 1.165) is 40.5 Å². The molecule has 0 radical (unpaired) electrons. The van der Waals surface area contributed by atoms with Crippen molar-refractivity contribution in [2.75, 3.05) is 0 Å². The Morgan fingerprint density at radius 1 is 1.28 bits per heavy atom. The van der Waals surface area contributed by atoms with Crippen LogP contribution in [0.3, 0.4) is 0 Å². The summed E-state index contributed by atoms with van der Waals surface area (Å²) in [6, 6.07) is 6.07. The SMILES string of the molecule is CC1CCC(Oc2ccc(Br)c(CCl)c2)CC1C. The first kappa shape index (κ1) is 14.2. The van der Waals surface area contributed by atoms with Crippen molar-refractivity contribution in [1.82, 2.24) is 0 Å². The summed E-state index contributed by atoms with van der Waals surface area (Å²) in [6.45, 7) is 4.66. The van der Waals surface area contributed by atoms with Crippen LogP contribution in [-0.4, -0.2) is 6.10 Å². The van der Waals surface area contributed by atoms with Gasteiger partial charge in [0.15, 0.2) is 0 Å². The van der Waals surface area contributed by atoms with Gasteiger partial charge in [-0.3, -0.25) is 0 Å². The second kappa shape index (κ2) is 6.29. The lowest BCUT2D eigenvalue weighted by atomic mass is 9.80. The van der Waals surface area contributed by atoms with Crippen molar-refractivity contribution in [1.29, 1.82) is 0 Å². The lowest BCUT2D eigenvalue weighted by Crippen LogP contribution is -2.28. The van der Waals surface area contributed by atoms with Crippen LogP contribution in [0.15, 0.2) is 22.7 Å². The van der Waals surface area contributed by atoms with Crippen LogP contribution in [0.4, 0.5) is 0 Å². The molecule has 1 fully saturated rings. The molecule has 100 valence electrons. The van der Waals surface area contributed by atoms with Gasteiger partial charge in [-0.1, -0.05) is 29.8 Å². The molecule has 1 aromatic carbocycles. The van der Waals surface area contributed by atoms with E-state index in [-0.39, 0.29) is 0 Å². The van der Waals surface area contributed by atoms with Gasteiger partial charge in [-0.05, 0) is 54.9 Å². The van der Waals surface area contributed by atoms with Crippen LogP contribution in [0.5, 0.6) is 5.75 Å². The Bertz CT molecular complexity index is 407. The highest BCUT2D eigenvalue weighted by Gasteiger charge is 2.25. The number of ether oxygens (including phenoxy) is 1. The van der Waals surface area contributed by atoms with Gasteiger partial charge >= 0.3 is 0 Å². The molecule has 0 spiro atoms. The first-order valence-electron chi connectivity index (χ1n) is 6.61. The van der Waals surface area contributed by atoms with Gasteiger partial charge in [0, 0.05) is 10.4 Å². The average Bonchev–Trinajstić information content (AvgIpc) is 2.36. The van der Waals surface area contributed by atoms with Crippen molar-refractivity contribution in [3.8, 4) is 5.75 Å². The Kier molecular flexibility index (Phi) is 4.97. The van der Waals surface area contributed by atoms with Gasteiger partial charge in [-0.2, -0.15) is 0 Å². The summed E-state index contributed by atoms with van der Waals surface area (Å²) in [7, 11) is 0. The van der Waals surface area contributed by atoms with Gasteiger partial charge in [0.05, 0.1) is 6.10 Å². The van der Waals surface area contributed by atoms with E-state index in [2.05, 4.69) is 29.8 Å². The molecular formula is C15H20BrClO. The van der Waals surface area contributed by atoms with Crippen molar-refractivity contribution in [2.24, 2.45) is 11.8 Å². The highest BCUT2D eigenvalue weighted by molar-refractivity contribution is 9.10. The summed E-state index contributed by atoms with van der Waals surface area (Å²) in [5.41, 5.74) is 1.09. The molecular weight excluding hydrogens is 312 g/mol. The van der Waals surface area contributed by atoms with E-state index in [1.54, 1.807) is 0 Å². The molecule has 1 nitrogen and oxygen atoms in total. The van der Waals surface area contributed by atoms with Crippen LogP contribution in [0.25, 0.3) is 0 Å². The molecule has 0 bridgehead atoms. The minimum atomic E-state index is 0.362. The van der Waals surface area contributed by atoms with Gasteiger partial charge in [0.2, 0.25) is 0 Å². The maximum atomic E-state index is 6.09. The van der Waals surface area contributed by atoms with Crippen molar-refractivity contribution < 1.29 is 4.74 Å². The smallest absolute Gasteiger partial charge is 0.120 e. The molecule has 0 amide bonds. The number of halogens is 2. The molecule has 2 rings (SSSR count). The van der Waals surface area contributed by atoms with Crippen molar-refractivity contribution >= 4 is 27.5 Å². The fraction of sp³-hybridized carbons (Fsp3) is 0.600.